The Balaban J connectivity index is 2.23. The molecule has 2 unspecified atom stereocenters. The first-order valence-electron chi connectivity index (χ1n) is 6.58. The number of aromatic nitrogens is 1. The van der Waals surface area contributed by atoms with Crippen molar-refractivity contribution in [3.05, 3.63) is 34.5 Å². The highest BCUT2D eigenvalue weighted by Gasteiger charge is 2.31. The molecule has 3 rings (SSSR count). The number of hydrogen-bond donors (Lipinski definition) is 3. The molecule has 0 spiro atoms. The second-order valence-electron chi connectivity index (χ2n) is 5.50. The van der Waals surface area contributed by atoms with Gasteiger partial charge in [0.05, 0.1) is 0 Å². The molecule has 0 bridgehead atoms. The minimum absolute atomic E-state index is 0.0388. The van der Waals surface area contributed by atoms with E-state index in [9.17, 15) is 9.90 Å². The Hall–Kier alpha value is -1.81. The van der Waals surface area contributed by atoms with E-state index in [4.69, 9.17) is 0 Å². The van der Waals surface area contributed by atoms with Gasteiger partial charge in [0.25, 0.3) is 0 Å². The Labute approximate surface area is 111 Å². The van der Waals surface area contributed by atoms with Crippen LogP contribution in [0.25, 0.3) is 10.9 Å². The molecular formula is C15H18N2O2. The topological polar surface area (TPSA) is 65.1 Å². The molecule has 19 heavy (non-hydrogen) atoms. The van der Waals surface area contributed by atoms with Gasteiger partial charge in [-0.2, -0.15) is 0 Å². The molecule has 2 heterocycles. The average molecular weight is 258 g/mol. The van der Waals surface area contributed by atoms with E-state index in [-0.39, 0.29) is 6.04 Å². The summed E-state index contributed by atoms with van der Waals surface area (Å²) in [6.07, 6.45) is 0.541. The van der Waals surface area contributed by atoms with Gasteiger partial charge in [-0.1, -0.05) is 6.07 Å². The van der Waals surface area contributed by atoms with Crippen LogP contribution in [-0.4, -0.2) is 22.1 Å². The maximum absolute atomic E-state index is 11.2. The Kier molecular flexibility index (Phi) is 2.64. The average Bonchev–Trinajstić information content (AvgIpc) is 2.67. The molecule has 1 aliphatic heterocycles. The van der Waals surface area contributed by atoms with Gasteiger partial charge in [0.1, 0.15) is 6.04 Å². The smallest absolute Gasteiger partial charge is 0.321 e. The van der Waals surface area contributed by atoms with E-state index >= 15 is 0 Å². The number of nitrogens with one attached hydrogen (secondary N) is 2. The van der Waals surface area contributed by atoms with Crippen molar-refractivity contribution in [3.8, 4) is 0 Å². The first kappa shape index (κ1) is 12.2. The fourth-order valence-corrected chi connectivity index (χ4v) is 3.21. The molecule has 1 aliphatic rings. The summed E-state index contributed by atoms with van der Waals surface area (Å²) >= 11 is 0. The van der Waals surface area contributed by atoms with Crippen LogP contribution in [0.1, 0.15) is 35.3 Å². The molecule has 2 aromatic rings. The maximum atomic E-state index is 11.2. The van der Waals surface area contributed by atoms with Gasteiger partial charge in [-0.25, -0.2) is 0 Å². The van der Waals surface area contributed by atoms with Gasteiger partial charge in [0.15, 0.2) is 0 Å². The quantitative estimate of drug-likeness (QED) is 0.736. The van der Waals surface area contributed by atoms with Crippen LogP contribution in [-0.2, 0) is 11.2 Å². The summed E-state index contributed by atoms with van der Waals surface area (Å²) in [4.78, 5) is 14.7. The van der Waals surface area contributed by atoms with Gasteiger partial charge in [0, 0.05) is 29.1 Å². The molecule has 1 aromatic heterocycles. The number of hydrogen-bond acceptors (Lipinski definition) is 2. The predicted octanol–water partition coefficient (Wildman–Crippen LogP) is 2.44. The van der Waals surface area contributed by atoms with Crippen LogP contribution >= 0.6 is 0 Å². The number of aliphatic carboxylic acids is 1. The van der Waals surface area contributed by atoms with Crippen molar-refractivity contribution in [3.63, 3.8) is 0 Å². The standard InChI is InChI=1S/C15H18N2O2/c1-7-4-8(2)13-10-6-12(15(18)19)16-9(3)14(10)17-11(13)5-7/h4-5,9,12,16-17H,6H2,1-3H3,(H,18,19). The Morgan fingerprint density at radius 1 is 1.37 bits per heavy atom. The molecular weight excluding hydrogens is 240 g/mol. The molecule has 0 saturated heterocycles. The van der Waals surface area contributed by atoms with E-state index < -0.39 is 12.0 Å². The van der Waals surface area contributed by atoms with Crippen molar-refractivity contribution in [2.75, 3.05) is 0 Å². The minimum atomic E-state index is -0.781. The minimum Gasteiger partial charge on any atom is -0.480 e. The van der Waals surface area contributed by atoms with Gasteiger partial charge in [-0.3, -0.25) is 10.1 Å². The number of carboxylic acids is 1. The zero-order valence-electron chi connectivity index (χ0n) is 11.4. The summed E-state index contributed by atoms with van der Waals surface area (Å²) in [6.45, 7) is 6.17. The molecule has 4 heteroatoms. The summed E-state index contributed by atoms with van der Waals surface area (Å²) in [5.41, 5.74) is 5.83. The highest BCUT2D eigenvalue weighted by molar-refractivity contribution is 5.90. The van der Waals surface area contributed by atoms with Crippen LogP contribution in [0.2, 0.25) is 0 Å². The number of aryl methyl sites for hydroxylation is 2. The summed E-state index contributed by atoms with van der Waals surface area (Å²) in [6, 6.07) is 3.82. The van der Waals surface area contributed by atoms with E-state index in [2.05, 4.69) is 36.3 Å². The Bertz CT molecular complexity index is 672. The normalized spacial score (nSPS) is 22.5. The Morgan fingerprint density at radius 3 is 2.79 bits per heavy atom. The summed E-state index contributed by atoms with van der Waals surface area (Å²) in [7, 11) is 0. The SMILES string of the molecule is Cc1cc(C)c2c3c([nH]c2c1)C(C)NC(C(=O)O)C3. The molecule has 0 fully saturated rings. The summed E-state index contributed by atoms with van der Waals surface area (Å²) in [5, 5.41) is 13.6. The Morgan fingerprint density at radius 2 is 2.11 bits per heavy atom. The largest absolute Gasteiger partial charge is 0.480 e. The van der Waals surface area contributed by atoms with Crippen LogP contribution in [0.15, 0.2) is 12.1 Å². The van der Waals surface area contributed by atoms with Crippen LogP contribution in [0.3, 0.4) is 0 Å². The molecule has 0 aliphatic carbocycles. The molecule has 1 aromatic carbocycles. The van der Waals surface area contributed by atoms with E-state index in [0.29, 0.717) is 6.42 Å². The number of H-pyrrole nitrogens is 1. The van der Waals surface area contributed by atoms with Crippen molar-refractivity contribution in [2.24, 2.45) is 0 Å². The molecule has 3 N–H and O–H groups in total. The van der Waals surface area contributed by atoms with Crippen molar-refractivity contribution in [2.45, 2.75) is 39.3 Å². The van der Waals surface area contributed by atoms with Crippen molar-refractivity contribution in [1.29, 1.82) is 0 Å². The lowest BCUT2D eigenvalue weighted by Crippen LogP contribution is -2.43. The van der Waals surface area contributed by atoms with Crippen LogP contribution in [0, 0.1) is 13.8 Å². The van der Waals surface area contributed by atoms with E-state index in [1.165, 1.54) is 16.5 Å². The van der Waals surface area contributed by atoms with Gasteiger partial charge in [-0.05, 0) is 43.5 Å². The molecule has 0 radical (unpaired) electrons. The molecule has 0 saturated carbocycles. The van der Waals surface area contributed by atoms with Crippen molar-refractivity contribution >= 4 is 16.9 Å². The fraction of sp³-hybridized carbons (Fsp3) is 0.400. The first-order chi connectivity index (χ1) is 8.97. The summed E-state index contributed by atoms with van der Waals surface area (Å²) in [5.74, 6) is -0.781. The number of aromatic amines is 1. The van der Waals surface area contributed by atoms with E-state index in [0.717, 1.165) is 16.8 Å². The third kappa shape index (κ3) is 1.83. The van der Waals surface area contributed by atoms with Gasteiger partial charge < -0.3 is 10.1 Å². The van der Waals surface area contributed by atoms with Gasteiger partial charge in [0.2, 0.25) is 0 Å². The van der Waals surface area contributed by atoms with Crippen molar-refractivity contribution < 1.29 is 9.90 Å². The lowest BCUT2D eigenvalue weighted by Gasteiger charge is -2.26. The zero-order valence-corrected chi connectivity index (χ0v) is 11.4. The number of fused-ring (bicyclic) bond motifs is 3. The number of rotatable bonds is 1. The van der Waals surface area contributed by atoms with E-state index in [1.54, 1.807) is 0 Å². The summed E-state index contributed by atoms with van der Waals surface area (Å²) < 4.78 is 0. The molecule has 4 nitrogen and oxygen atoms in total. The van der Waals surface area contributed by atoms with Crippen LogP contribution in [0.5, 0.6) is 0 Å². The first-order valence-corrected chi connectivity index (χ1v) is 6.58. The molecule has 100 valence electrons. The lowest BCUT2D eigenvalue weighted by molar-refractivity contribution is -0.139. The highest BCUT2D eigenvalue weighted by Crippen LogP contribution is 2.34. The number of carboxylic acid groups (broad SMARTS) is 1. The highest BCUT2D eigenvalue weighted by atomic mass is 16.4. The number of carbonyl (C=O) groups is 1. The molecule has 0 amide bonds. The third-order valence-corrected chi connectivity index (χ3v) is 3.97. The lowest BCUT2D eigenvalue weighted by atomic mass is 9.93. The predicted molar refractivity (Wildman–Crippen MR) is 74.5 cm³/mol. The van der Waals surface area contributed by atoms with E-state index in [1.807, 2.05) is 6.92 Å². The zero-order chi connectivity index (χ0) is 13.7. The fourth-order valence-electron chi connectivity index (χ4n) is 3.21. The van der Waals surface area contributed by atoms with Crippen LogP contribution in [0.4, 0.5) is 0 Å². The van der Waals surface area contributed by atoms with Gasteiger partial charge in [-0.15, -0.1) is 0 Å². The third-order valence-electron chi connectivity index (χ3n) is 3.97. The maximum Gasteiger partial charge on any atom is 0.321 e. The van der Waals surface area contributed by atoms with Gasteiger partial charge >= 0.3 is 5.97 Å². The van der Waals surface area contributed by atoms with Crippen LogP contribution < -0.4 is 5.32 Å². The second kappa shape index (κ2) is 4.10. The number of benzene rings is 1. The van der Waals surface area contributed by atoms with Crippen molar-refractivity contribution in [1.82, 2.24) is 10.3 Å². The monoisotopic (exact) mass is 258 g/mol. The molecule has 2 atom stereocenters. The second-order valence-corrected chi connectivity index (χ2v) is 5.50.